The molecule has 19 heavy (non-hydrogen) atoms. The molecular formula is C13H19N5O. The minimum absolute atomic E-state index is 0.658. The van der Waals surface area contributed by atoms with E-state index < -0.39 is 0 Å². The fourth-order valence-electron chi connectivity index (χ4n) is 2.63. The fourth-order valence-corrected chi connectivity index (χ4v) is 2.63. The van der Waals surface area contributed by atoms with Gasteiger partial charge in [0.25, 0.3) is 0 Å². The van der Waals surface area contributed by atoms with Crippen molar-refractivity contribution < 1.29 is 4.52 Å². The molecule has 1 saturated heterocycles. The van der Waals surface area contributed by atoms with Crippen LogP contribution in [0.2, 0.25) is 0 Å². The van der Waals surface area contributed by atoms with Crippen LogP contribution in [0.5, 0.6) is 0 Å². The molecule has 0 aromatic carbocycles. The Balaban J connectivity index is 1.46. The topological polar surface area (TPSA) is 70.8 Å². The van der Waals surface area contributed by atoms with Gasteiger partial charge in [-0.3, -0.25) is 4.90 Å². The van der Waals surface area contributed by atoms with E-state index in [9.17, 15) is 0 Å². The maximum Gasteiger partial charge on any atom is 0.223 e. The first-order chi connectivity index (χ1) is 9.29. The Labute approximate surface area is 112 Å². The molecule has 0 atom stereocenters. The summed E-state index contributed by atoms with van der Waals surface area (Å²) in [5, 5.41) is 3.97. The van der Waals surface area contributed by atoms with Gasteiger partial charge in [-0.15, -0.1) is 0 Å². The van der Waals surface area contributed by atoms with E-state index in [0.717, 1.165) is 37.7 Å². The summed E-state index contributed by atoms with van der Waals surface area (Å²) in [5.74, 6) is 3.23. The van der Waals surface area contributed by atoms with Gasteiger partial charge >= 0.3 is 0 Å². The zero-order valence-corrected chi connectivity index (χ0v) is 11.2. The lowest BCUT2D eigenvalue weighted by Gasteiger charge is -2.30. The summed E-state index contributed by atoms with van der Waals surface area (Å²) in [6.07, 6.45) is 7.00. The Morgan fingerprint density at radius 2 is 2.26 bits per heavy atom. The summed E-state index contributed by atoms with van der Waals surface area (Å²) < 4.78 is 5.01. The number of aromatic amines is 1. The number of nitrogens with one attached hydrogen (secondary N) is 1. The molecule has 1 aliphatic heterocycles. The van der Waals surface area contributed by atoms with Crippen LogP contribution >= 0.6 is 0 Å². The van der Waals surface area contributed by atoms with Crippen LogP contribution in [0, 0.1) is 12.8 Å². The molecule has 1 fully saturated rings. The van der Waals surface area contributed by atoms with Crippen molar-refractivity contribution in [2.24, 2.45) is 5.92 Å². The summed E-state index contributed by atoms with van der Waals surface area (Å²) in [7, 11) is 0. The molecule has 0 amide bonds. The third-order valence-electron chi connectivity index (χ3n) is 3.68. The molecule has 3 heterocycles. The van der Waals surface area contributed by atoms with Gasteiger partial charge in [0.05, 0.1) is 6.54 Å². The quantitative estimate of drug-likeness (QED) is 0.904. The predicted octanol–water partition coefficient (Wildman–Crippen LogP) is 1.56. The molecule has 6 nitrogen and oxygen atoms in total. The highest BCUT2D eigenvalue weighted by atomic mass is 16.5. The van der Waals surface area contributed by atoms with Crippen LogP contribution in [0.15, 0.2) is 16.9 Å². The van der Waals surface area contributed by atoms with Gasteiger partial charge in [-0.05, 0) is 31.8 Å². The summed E-state index contributed by atoms with van der Waals surface area (Å²) in [5.41, 5.74) is 0. The number of nitrogens with zero attached hydrogens (tertiary/aromatic N) is 4. The average molecular weight is 261 g/mol. The van der Waals surface area contributed by atoms with Crippen molar-refractivity contribution in [3.05, 3.63) is 29.9 Å². The van der Waals surface area contributed by atoms with Gasteiger partial charge in [-0.1, -0.05) is 5.16 Å². The first-order valence-corrected chi connectivity index (χ1v) is 6.79. The van der Waals surface area contributed by atoms with Gasteiger partial charge in [0.15, 0.2) is 5.82 Å². The lowest BCUT2D eigenvalue weighted by atomic mass is 9.93. The Kier molecular flexibility index (Phi) is 3.59. The average Bonchev–Trinajstić information content (AvgIpc) is 3.04. The fraction of sp³-hybridized carbons (Fsp3) is 0.615. The molecule has 0 radical (unpaired) electrons. The summed E-state index contributed by atoms with van der Waals surface area (Å²) >= 11 is 0. The molecule has 102 valence electrons. The molecule has 0 unspecified atom stereocenters. The highest BCUT2D eigenvalue weighted by Crippen LogP contribution is 2.21. The van der Waals surface area contributed by atoms with Crippen LogP contribution in [-0.4, -0.2) is 38.1 Å². The maximum absolute atomic E-state index is 5.01. The number of aromatic nitrogens is 4. The van der Waals surface area contributed by atoms with E-state index in [4.69, 9.17) is 4.52 Å². The van der Waals surface area contributed by atoms with Crippen LogP contribution in [0.3, 0.4) is 0 Å². The standard InChI is InChI=1S/C13H19N5O/c1-10-16-12(17-19-10)8-11-2-6-18(7-3-11)9-13-14-4-5-15-13/h4-5,11H,2-3,6-9H2,1H3,(H,14,15). The Morgan fingerprint density at radius 1 is 1.42 bits per heavy atom. The molecule has 2 aromatic rings. The van der Waals surface area contributed by atoms with Crippen molar-refractivity contribution in [1.82, 2.24) is 25.0 Å². The maximum atomic E-state index is 5.01. The minimum Gasteiger partial charge on any atom is -0.348 e. The summed E-state index contributed by atoms with van der Waals surface area (Å²) in [4.78, 5) is 14.1. The third-order valence-corrected chi connectivity index (χ3v) is 3.68. The van der Waals surface area contributed by atoms with Gasteiger partial charge in [-0.25, -0.2) is 4.98 Å². The minimum atomic E-state index is 0.658. The Hall–Kier alpha value is -1.69. The summed E-state index contributed by atoms with van der Waals surface area (Å²) in [6.45, 7) is 4.98. The van der Waals surface area contributed by atoms with Crippen molar-refractivity contribution in [1.29, 1.82) is 0 Å². The lowest BCUT2D eigenvalue weighted by Crippen LogP contribution is -2.34. The molecular weight excluding hydrogens is 242 g/mol. The van der Waals surface area contributed by atoms with E-state index >= 15 is 0 Å². The highest BCUT2D eigenvalue weighted by Gasteiger charge is 2.21. The SMILES string of the molecule is Cc1nc(CC2CCN(Cc3ncc[nH]3)CC2)no1. The zero-order valence-electron chi connectivity index (χ0n) is 11.2. The van der Waals surface area contributed by atoms with E-state index in [1.54, 1.807) is 6.20 Å². The Bertz CT molecular complexity index is 499. The van der Waals surface area contributed by atoms with Gasteiger partial charge in [0.2, 0.25) is 5.89 Å². The van der Waals surface area contributed by atoms with E-state index in [2.05, 4.69) is 25.0 Å². The van der Waals surface area contributed by atoms with Gasteiger partial charge in [0.1, 0.15) is 5.82 Å². The predicted molar refractivity (Wildman–Crippen MR) is 69.3 cm³/mol. The second-order valence-electron chi connectivity index (χ2n) is 5.19. The van der Waals surface area contributed by atoms with Crippen LogP contribution < -0.4 is 0 Å². The first kappa shape index (κ1) is 12.3. The summed E-state index contributed by atoms with van der Waals surface area (Å²) in [6, 6.07) is 0. The number of hydrogen-bond donors (Lipinski definition) is 1. The molecule has 2 aromatic heterocycles. The van der Waals surface area contributed by atoms with Crippen LogP contribution in [-0.2, 0) is 13.0 Å². The molecule has 0 saturated carbocycles. The number of hydrogen-bond acceptors (Lipinski definition) is 5. The first-order valence-electron chi connectivity index (χ1n) is 6.79. The second kappa shape index (κ2) is 5.52. The number of H-pyrrole nitrogens is 1. The van der Waals surface area contributed by atoms with Crippen molar-refractivity contribution in [2.75, 3.05) is 13.1 Å². The Morgan fingerprint density at radius 3 is 2.89 bits per heavy atom. The smallest absolute Gasteiger partial charge is 0.223 e. The number of piperidine rings is 1. The van der Waals surface area contributed by atoms with Crippen molar-refractivity contribution in [3.63, 3.8) is 0 Å². The monoisotopic (exact) mass is 261 g/mol. The van der Waals surface area contributed by atoms with E-state index in [-0.39, 0.29) is 0 Å². The molecule has 0 aliphatic carbocycles. The number of aryl methyl sites for hydroxylation is 1. The van der Waals surface area contributed by atoms with Crippen LogP contribution in [0.1, 0.15) is 30.4 Å². The van der Waals surface area contributed by atoms with Crippen molar-refractivity contribution >= 4 is 0 Å². The molecule has 1 aliphatic rings. The number of likely N-dealkylation sites (tertiary alicyclic amines) is 1. The van der Waals surface area contributed by atoms with Gasteiger partial charge < -0.3 is 9.51 Å². The molecule has 6 heteroatoms. The van der Waals surface area contributed by atoms with E-state index in [1.165, 1.54) is 12.8 Å². The second-order valence-corrected chi connectivity index (χ2v) is 5.19. The third kappa shape index (κ3) is 3.20. The number of imidazole rings is 1. The number of rotatable bonds is 4. The normalized spacial score (nSPS) is 17.9. The van der Waals surface area contributed by atoms with Crippen molar-refractivity contribution in [2.45, 2.75) is 32.7 Å². The largest absolute Gasteiger partial charge is 0.348 e. The van der Waals surface area contributed by atoms with E-state index in [0.29, 0.717) is 11.8 Å². The van der Waals surface area contributed by atoms with Gasteiger partial charge in [0, 0.05) is 25.7 Å². The highest BCUT2D eigenvalue weighted by molar-refractivity contribution is 4.90. The van der Waals surface area contributed by atoms with Crippen LogP contribution in [0.4, 0.5) is 0 Å². The van der Waals surface area contributed by atoms with Gasteiger partial charge in [-0.2, -0.15) is 4.98 Å². The molecule has 1 N–H and O–H groups in total. The van der Waals surface area contributed by atoms with Crippen molar-refractivity contribution in [3.8, 4) is 0 Å². The molecule has 3 rings (SSSR count). The van der Waals surface area contributed by atoms with Crippen LogP contribution in [0.25, 0.3) is 0 Å². The zero-order chi connectivity index (χ0) is 13.1. The van der Waals surface area contributed by atoms with E-state index in [1.807, 2.05) is 13.1 Å². The molecule has 0 bridgehead atoms. The molecule has 0 spiro atoms. The lowest BCUT2D eigenvalue weighted by molar-refractivity contribution is 0.172.